The Kier molecular flexibility index (Phi) is 4.42. The maximum atomic E-state index is 11.0. The Morgan fingerprint density at radius 3 is 2.06 bits per heavy atom. The lowest BCUT2D eigenvalue weighted by atomic mass is 9.93. The molecule has 1 rings (SSSR count). The second-order valence-corrected chi connectivity index (χ2v) is 3.81. The van der Waals surface area contributed by atoms with E-state index in [4.69, 9.17) is 15.9 Å². The molecule has 0 radical (unpaired) electrons. The molecule has 0 saturated heterocycles. The van der Waals surface area contributed by atoms with Gasteiger partial charge in [-0.3, -0.25) is 14.4 Å². The van der Waals surface area contributed by atoms with Crippen LogP contribution >= 0.6 is 0 Å². The fourth-order valence-electron chi connectivity index (χ4n) is 1.58. The van der Waals surface area contributed by atoms with Gasteiger partial charge in [-0.05, 0) is 24.1 Å². The van der Waals surface area contributed by atoms with Gasteiger partial charge in [-0.1, -0.05) is 12.1 Å². The van der Waals surface area contributed by atoms with E-state index in [0.29, 0.717) is 5.56 Å². The summed E-state index contributed by atoms with van der Waals surface area (Å²) < 4.78 is 0. The second-order valence-electron chi connectivity index (χ2n) is 3.81. The number of primary amides is 1. The van der Waals surface area contributed by atoms with E-state index in [2.05, 4.69) is 0 Å². The maximum absolute atomic E-state index is 11.0. The minimum Gasteiger partial charge on any atom is -0.481 e. The number of benzene rings is 1. The van der Waals surface area contributed by atoms with Crippen LogP contribution in [-0.2, 0) is 9.59 Å². The van der Waals surface area contributed by atoms with Crippen LogP contribution in [0.4, 0.5) is 0 Å². The molecule has 18 heavy (non-hydrogen) atoms. The van der Waals surface area contributed by atoms with Gasteiger partial charge >= 0.3 is 11.9 Å². The lowest BCUT2D eigenvalue weighted by Crippen LogP contribution is -2.14. The summed E-state index contributed by atoms with van der Waals surface area (Å²) in [5, 5.41) is 17.6. The van der Waals surface area contributed by atoms with Gasteiger partial charge in [0.25, 0.3) is 0 Å². The van der Waals surface area contributed by atoms with Crippen molar-refractivity contribution in [3.8, 4) is 0 Å². The van der Waals surface area contributed by atoms with Crippen LogP contribution in [0.2, 0.25) is 0 Å². The van der Waals surface area contributed by atoms with E-state index in [0.717, 1.165) is 0 Å². The van der Waals surface area contributed by atoms with Crippen LogP contribution in [-0.4, -0.2) is 28.1 Å². The van der Waals surface area contributed by atoms with E-state index < -0.39 is 23.8 Å². The third-order valence-electron chi connectivity index (χ3n) is 2.54. The Morgan fingerprint density at radius 2 is 1.67 bits per heavy atom. The van der Waals surface area contributed by atoms with Crippen molar-refractivity contribution in [2.24, 2.45) is 5.73 Å². The molecule has 0 saturated carbocycles. The molecule has 0 aliphatic heterocycles. The first-order valence-corrected chi connectivity index (χ1v) is 5.26. The zero-order valence-electron chi connectivity index (χ0n) is 9.50. The molecule has 1 amide bonds. The standard InChI is InChI=1S/C12H13NO5/c13-11(16)8-3-1-7(2-4-8)9(12(17)18)5-6-10(14)15/h1-4,9H,5-6H2,(H2,13,16)(H,14,15)(H,17,18). The summed E-state index contributed by atoms with van der Waals surface area (Å²) in [6.07, 6.45) is -0.227. The van der Waals surface area contributed by atoms with Crippen molar-refractivity contribution in [3.63, 3.8) is 0 Å². The van der Waals surface area contributed by atoms with Gasteiger partial charge in [0.2, 0.25) is 5.91 Å². The highest BCUT2D eigenvalue weighted by Gasteiger charge is 2.20. The lowest BCUT2D eigenvalue weighted by Gasteiger charge is -2.11. The summed E-state index contributed by atoms with van der Waals surface area (Å²) in [6.45, 7) is 0. The summed E-state index contributed by atoms with van der Waals surface area (Å²) in [6, 6.07) is 5.80. The van der Waals surface area contributed by atoms with Gasteiger partial charge in [-0.25, -0.2) is 0 Å². The topological polar surface area (TPSA) is 118 Å². The minimum absolute atomic E-state index is 0.000580. The van der Waals surface area contributed by atoms with Crippen molar-refractivity contribution >= 4 is 17.8 Å². The van der Waals surface area contributed by atoms with Gasteiger partial charge in [0.15, 0.2) is 0 Å². The van der Waals surface area contributed by atoms with Crippen molar-refractivity contribution in [1.29, 1.82) is 0 Å². The Labute approximate surface area is 103 Å². The van der Waals surface area contributed by atoms with Crippen LogP contribution in [0.25, 0.3) is 0 Å². The average molecular weight is 251 g/mol. The molecule has 0 heterocycles. The third-order valence-corrected chi connectivity index (χ3v) is 2.54. The molecule has 4 N–H and O–H groups in total. The fourth-order valence-corrected chi connectivity index (χ4v) is 1.58. The van der Waals surface area contributed by atoms with Crippen molar-refractivity contribution < 1.29 is 24.6 Å². The van der Waals surface area contributed by atoms with Gasteiger partial charge < -0.3 is 15.9 Å². The van der Waals surface area contributed by atoms with E-state index in [1.165, 1.54) is 24.3 Å². The van der Waals surface area contributed by atoms with E-state index in [9.17, 15) is 14.4 Å². The quantitative estimate of drug-likeness (QED) is 0.691. The van der Waals surface area contributed by atoms with Crippen molar-refractivity contribution in [3.05, 3.63) is 35.4 Å². The maximum Gasteiger partial charge on any atom is 0.310 e. The fraction of sp³-hybridized carbons (Fsp3) is 0.250. The lowest BCUT2D eigenvalue weighted by molar-refractivity contribution is -0.140. The molecular weight excluding hydrogens is 238 g/mol. The molecule has 0 aliphatic carbocycles. The number of carbonyl (C=O) groups excluding carboxylic acids is 1. The van der Waals surface area contributed by atoms with Crippen LogP contribution in [0.15, 0.2) is 24.3 Å². The molecule has 1 aromatic carbocycles. The normalized spacial score (nSPS) is 11.8. The number of hydrogen-bond donors (Lipinski definition) is 3. The number of carboxylic acid groups (broad SMARTS) is 2. The first-order chi connectivity index (χ1) is 8.41. The molecule has 96 valence electrons. The van der Waals surface area contributed by atoms with Crippen LogP contribution < -0.4 is 5.73 Å². The molecule has 1 unspecified atom stereocenters. The molecule has 1 aromatic rings. The number of aliphatic carboxylic acids is 2. The van der Waals surface area contributed by atoms with Crippen molar-refractivity contribution in [1.82, 2.24) is 0 Å². The van der Waals surface area contributed by atoms with Gasteiger partial charge in [-0.2, -0.15) is 0 Å². The SMILES string of the molecule is NC(=O)c1ccc(C(CCC(=O)O)C(=O)O)cc1. The zero-order chi connectivity index (χ0) is 13.7. The molecule has 0 fully saturated rings. The van der Waals surface area contributed by atoms with Crippen molar-refractivity contribution in [2.75, 3.05) is 0 Å². The summed E-state index contributed by atoms with van der Waals surface area (Å²) in [5.41, 5.74) is 5.80. The van der Waals surface area contributed by atoms with Crippen LogP contribution in [0, 0.1) is 0 Å². The molecule has 0 bridgehead atoms. The van der Waals surface area contributed by atoms with E-state index in [1.807, 2.05) is 0 Å². The van der Waals surface area contributed by atoms with Crippen LogP contribution in [0.3, 0.4) is 0 Å². The molecule has 0 aliphatic rings. The number of carboxylic acids is 2. The minimum atomic E-state index is -1.09. The van der Waals surface area contributed by atoms with Gasteiger partial charge in [0, 0.05) is 12.0 Å². The first-order valence-electron chi connectivity index (χ1n) is 5.26. The Morgan fingerprint density at radius 1 is 1.11 bits per heavy atom. The molecule has 6 nitrogen and oxygen atoms in total. The summed E-state index contributed by atoms with van der Waals surface area (Å²) >= 11 is 0. The van der Waals surface area contributed by atoms with E-state index >= 15 is 0 Å². The monoisotopic (exact) mass is 251 g/mol. The summed E-state index contributed by atoms with van der Waals surface area (Å²) in [7, 11) is 0. The van der Waals surface area contributed by atoms with Gasteiger partial charge in [-0.15, -0.1) is 0 Å². The Hall–Kier alpha value is -2.37. The largest absolute Gasteiger partial charge is 0.481 e. The highest BCUT2D eigenvalue weighted by molar-refractivity contribution is 5.92. The highest BCUT2D eigenvalue weighted by atomic mass is 16.4. The number of amides is 1. The number of nitrogens with two attached hydrogens (primary N) is 1. The number of hydrogen-bond acceptors (Lipinski definition) is 3. The number of rotatable bonds is 6. The molecular formula is C12H13NO5. The Bertz CT molecular complexity index is 466. The van der Waals surface area contributed by atoms with Crippen molar-refractivity contribution in [2.45, 2.75) is 18.8 Å². The molecule has 1 atom stereocenters. The third kappa shape index (κ3) is 3.58. The average Bonchev–Trinajstić information content (AvgIpc) is 2.29. The first kappa shape index (κ1) is 13.7. The summed E-state index contributed by atoms with van der Waals surface area (Å²) in [4.78, 5) is 32.4. The van der Waals surface area contributed by atoms with E-state index in [1.54, 1.807) is 0 Å². The van der Waals surface area contributed by atoms with Gasteiger partial charge in [0.05, 0.1) is 5.92 Å². The Balaban J connectivity index is 2.89. The molecule has 0 aromatic heterocycles. The zero-order valence-corrected chi connectivity index (χ0v) is 9.50. The molecule has 0 spiro atoms. The smallest absolute Gasteiger partial charge is 0.310 e. The van der Waals surface area contributed by atoms with Crippen LogP contribution in [0.5, 0.6) is 0 Å². The van der Waals surface area contributed by atoms with Gasteiger partial charge in [0.1, 0.15) is 0 Å². The summed E-state index contributed by atoms with van der Waals surface area (Å²) in [5.74, 6) is -3.64. The van der Waals surface area contributed by atoms with Crippen LogP contribution in [0.1, 0.15) is 34.7 Å². The number of carbonyl (C=O) groups is 3. The predicted octanol–water partition coefficient (Wildman–Crippen LogP) is 0.818. The molecule has 6 heteroatoms. The second kappa shape index (κ2) is 5.81. The highest BCUT2D eigenvalue weighted by Crippen LogP contribution is 2.22. The predicted molar refractivity (Wildman–Crippen MR) is 62.2 cm³/mol. The van der Waals surface area contributed by atoms with E-state index in [-0.39, 0.29) is 18.4 Å².